The maximum Gasteiger partial charge on any atom is 0.191 e. The van der Waals surface area contributed by atoms with E-state index in [1.807, 2.05) is 7.05 Å². The summed E-state index contributed by atoms with van der Waals surface area (Å²) in [6.07, 6.45) is 8.13. The van der Waals surface area contributed by atoms with Gasteiger partial charge in [0.15, 0.2) is 5.96 Å². The van der Waals surface area contributed by atoms with Gasteiger partial charge in [0, 0.05) is 51.0 Å². The summed E-state index contributed by atoms with van der Waals surface area (Å²) in [5.41, 5.74) is 4.28. The molecular formula is C21H32N4O. The Morgan fingerprint density at radius 1 is 1.31 bits per heavy atom. The molecule has 3 N–H and O–H groups in total. The Kier molecular flexibility index (Phi) is 6.20. The highest BCUT2D eigenvalue weighted by molar-refractivity contribution is 5.86. The number of para-hydroxylation sites is 1. The van der Waals surface area contributed by atoms with Gasteiger partial charge in [-0.25, -0.2) is 0 Å². The van der Waals surface area contributed by atoms with Crippen molar-refractivity contribution >= 4 is 16.9 Å². The van der Waals surface area contributed by atoms with Gasteiger partial charge in [0.1, 0.15) is 0 Å². The van der Waals surface area contributed by atoms with Crippen molar-refractivity contribution in [2.75, 3.05) is 33.9 Å². The van der Waals surface area contributed by atoms with Gasteiger partial charge in [-0.3, -0.25) is 4.99 Å². The minimum Gasteiger partial charge on any atom is -0.385 e. The van der Waals surface area contributed by atoms with Crippen molar-refractivity contribution in [1.29, 1.82) is 0 Å². The van der Waals surface area contributed by atoms with Crippen molar-refractivity contribution in [2.45, 2.75) is 39.0 Å². The van der Waals surface area contributed by atoms with Gasteiger partial charge in [-0.2, -0.15) is 0 Å². The summed E-state index contributed by atoms with van der Waals surface area (Å²) in [5.74, 6) is 0.893. The predicted molar refractivity (Wildman–Crippen MR) is 109 cm³/mol. The van der Waals surface area contributed by atoms with Gasteiger partial charge in [-0.05, 0) is 49.1 Å². The second-order valence-electron chi connectivity index (χ2n) is 7.51. The molecule has 1 heterocycles. The number of aromatic amines is 1. The summed E-state index contributed by atoms with van der Waals surface area (Å²) >= 11 is 0. The first-order valence-electron chi connectivity index (χ1n) is 9.66. The van der Waals surface area contributed by atoms with Crippen LogP contribution in [-0.4, -0.2) is 44.8 Å². The maximum absolute atomic E-state index is 5.28. The first kappa shape index (κ1) is 18.8. The van der Waals surface area contributed by atoms with E-state index in [4.69, 9.17) is 4.74 Å². The van der Waals surface area contributed by atoms with Crippen LogP contribution in [0, 0.1) is 12.3 Å². The number of hydrogen-bond acceptors (Lipinski definition) is 2. The Bertz CT molecular complexity index is 746. The zero-order valence-electron chi connectivity index (χ0n) is 16.3. The summed E-state index contributed by atoms with van der Waals surface area (Å²) in [7, 11) is 3.62. The van der Waals surface area contributed by atoms with Gasteiger partial charge in [0.05, 0.1) is 0 Å². The highest BCUT2D eigenvalue weighted by Crippen LogP contribution is 2.43. The van der Waals surface area contributed by atoms with Crippen LogP contribution in [0.5, 0.6) is 0 Å². The number of guanidine groups is 1. The third-order valence-corrected chi connectivity index (χ3v) is 5.80. The smallest absolute Gasteiger partial charge is 0.191 e. The third-order valence-electron chi connectivity index (χ3n) is 5.80. The summed E-state index contributed by atoms with van der Waals surface area (Å²) in [6.45, 7) is 4.83. The van der Waals surface area contributed by atoms with Crippen molar-refractivity contribution in [3.8, 4) is 0 Å². The Labute approximate surface area is 156 Å². The van der Waals surface area contributed by atoms with Gasteiger partial charge in [0.25, 0.3) is 0 Å². The number of fused-ring (bicyclic) bond motifs is 1. The van der Waals surface area contributed by atoms with Crippen molar-refractivity contribution < 1.29 is 4.74 Å². The van der Waals surface area contributed by atoms with Gasteiger partial charge in [-0.15, -0.1) is 0 Å². The molecule has 0 atom stereocenters. The number of methoxy groups -OCH3 is 1. The number of benzene rings is 1. The largest absolute Gasteiger partial charge is 0.385 e. The molecule has 26 heavy (non-hydrogen) atoms. The first-order chi connectivity index (χ1) is 12.7. The number of ether oxygens (including phenoxy) is 1. The minimum atomic E-state index is 0.391. The number of H-pyrrole nitrogens is 1. The lowest BCUT2D eigenvalue weighted by Crippen LogP contribution is -2.47. The highest BCUT2D eigenvalue weighted by atomic mass is 16.5. The van der Waals surface area contributed by atoms with Crippen LogP contribution >= 0.6 is 0 Å². The van der Waals surface area contributed by atoms with Crippen LogP contribution in [0.1, 0.15) is 36.8 Å². The van der Waals surface area contributed by atoms with Gasteiger partial charge in [-0.1, -0.05) is 24.6 Å². The van der Waals surface area contributed by atoms with E-state index in [0.717, 1.165) is 38.5 Å². The van der Waals surface area contributed by atoms with Crippen LogP contribution in [0.3, 0.4) is 0 Å². The predicted octanol–water partition coefficient (Wildman–Crippen LogP) is 3.39. The first-order valence-corrected chi connectivity index (χ1v) is 9.66. The Morgan fingerprint density at radius 2 is 2.15 bits per heavy atom. The van der Waals surface area contributed by atoms with E-state index in [9.17, 15) is 0 Å². The van der Waals surface area contributed by atoms with E-state index in [1.54, 1.807) is 7.11 Å². The lowest BCUT2D eigenvalue weighted by molar-refractivity contribution is 0.0732. The molecule has 1 saturated carbocycles. The maximum atomic E-state index is 5.28. The molecule has 3 rings (SSSR count). The molecule has 0 amide bonds. The average molecular weight is 357 g/mol. The molecule has 1 aromatic heterocycles. The average Bonchev–Trinajstić information content (AvgIpc) is 3.03. The molecule has 5 nitrogen and oxygen atoms in total. The van der Waals surface area contributed by atoms with Crippen LogP contribution < -0.4 is 10.6 Å². The number of aryl methyl sites for hydroxylation is 1. The number of aromatic nitrogens is 1. The molecule has 1 aromatic carbocycles. The monoisotopic (exact) mass is 356 g/mol. The van der Waals surface area contributed by atoms with Crippen LogP contribution in [0.25, 0.3) is 10.9 Å². The molecule has 0 bridgehead atoms. The second-order valence-corrected chi connectivity index (χ2v) is 7.51. The molecule has 0 radical (unpaired) electrons. The fraction of sp³-hybridized carbons (Fsp3) is 0.571. The fourth-order valence-corrected chi connectivity index (χ4v) is 3.89. The number of rotatable bonds is 8. The topological polar surface area (TPSA) is 61.4 Å². The third kappa shape index (κ3) is 4.21. The molecular weight excluding hydrogens is 324 g/mol. The molecule has 5 heteroatoms. The zero-order valence-corrected chi connectivity index (χ0v) is 16.3. The van der Waals surface area contributed by atoms with Crippen molar-refractivity contribution in [3.05, 3.63) is 35.5 Å². The van der Waals surface area contributed by atoms with Crippen LogP contribution in [0.4, 0.5) is 0 Å². The van der Waals surface area contributed by atoms with E-state index >= 15 is 0 Å². The van der Waals surface area contributed by atoms with Crippen molar-refractivity contribution in [2.24, 2.45) is 10.4 Å². The van der Waals surface area contributed by atoms with E-state index in [1.165, 1.54) is 41.3 Å². The van der Waals surface area contributed by atoms with Crippen molar-refractivity contribution in [3.63, 3.8) is 0 Å². The summed E-state index contributed by atoms with van der Waals surface area (Å²) in [5, 5.41) is 8.30. The number of aliphatic imine (C=N–C) groups is 1. The molecule has 1 aliphatic carbocycles. The second kappa shape index (κ2) is 8.58. The van der Waals surface area contributed by atoms with E-state index in [-0.39, 0.29) is 0 Å². The normalized spacial score (nSPS) is 16.5. The standard InChI is InChI=1S/C21H32N4O/c1-16-6-4-7-18-17(14-24-19(16)18)8-12-23-20(22-2)25-15-21(9-5-10-21)11-13-26-3/h4,6-7,14,24H,5,8-13,15H2,1-3H3,(H2,22,23,25). The molecule has 0 unspecified atom stereocenters. The highest BCUT2D eigenvalue weighted by Gasteiger charge is 2.36. The summed E-state index contributed by atoms with van der Waals surface area (Å²) in [4.78, 5) is 7.78. The van der Waals surface area contributed by atoms with E-state index < -0.39 is 0 Å². The summed E-state index contributed by atoms with van der Waals surface area (Å²) < 4.78 is 5.28. The lowest BCUT2D eigenvalue weighted by atomic mass is 9.67. The number of nitrogens with one attached hydrogen (secondary N) is 3. The fourth-order valence-electron chi connectivity index (χ4n) is 3.89. The van der Waals surface area contributed by atoms with Crippen molar-refractivity contribution in [1.82, 2.24) is 15.6 Å². The van der Waals surface area contributed by atoms with E-state index in [0.29, 0.717) is 5.41 Å². The Morgan fingerprint density at radius 3 is 2.85 bits per heavy atom. The zero-order chi connectivity index (χ0) is 18.4. The number of hydrogen-bond donors (Lipinski definition) is 3. The van der Waals surface area contributed by atoms with Crippen LogP contribution in [0.2, 0.25) is 0 Å². The molecule has 1 fully saturated rings. The Hall–Kier alpha value is -2.01. The molecule has 142 valence electrons. The van der Waals surface area contributed by atoms with Gasteiger partial charge in [0.2, 0.25) is 0 Å². The van der Waals surface area contributed by atoms with Crippen LogP contribution in [0.15, 0.2) is 29.4 Å². The SMILES string of the molecule is CN=C(NCCc1c[nH]c2c(C)cccc12)NCC1(CCOC)CCC1. The molecule has 0 saturated heterocycles. The van der Waals surface area contributed by atoms with Gasteiger partial charge < -0.3 is 20.4 Å². The van der Waals surface area contributed by atoms with Gasteiger partial charge >= 0.3 is 0 Å². The minimum absolute atomic E-state index is 0.391. The van der Waals surface area contributed by atoms with E-state index in [2.05, 4.69) is 51.9 Å². The molecule has 0 aliphatic heterocycles. The lowest BCUT2D eigenvalue weighted by Gasteiger charge is -2.42. The molecule has 2 aromatic rings. The Balaban J connectivity index is 1.49. The van der Waals surface area contributed by atoms with Crippen LogP contribution in [-0.2, 0) is 11.2 Å². The number of nitrogens with zero attached hydrogens (tertiary/aromatic N) is 1. The summed E-state index contributed by atoms with van der Waals surface area (Å²) in [6, 6.07) is 6.46. The molecule has 1 aliphatic rings. The molecule has 0 spiro atoms. The quantitative estimate of drug-likeness (QED) is 0.502.